The maximum Gasteiger partial charge on any atom is 0.135 e. The van der Waals surface area contributed by atoms with Crippen LogP contribution in [-0.4, -0.2) is 10.2 Å². The zero-order valence-corrected chi connectivity index (χ0v) is 5.81. The summed E-state index contributed by atoms with van der Waals surface area (Å²) in [4.78, 5) is 0. The highest BCUT2D eigenvalue weighted by Gasteiger charge is 2.32. The predicted molar refractivity (Wildman–Crippen MR) is 35.3 cm³/mol. The lowest BCUT2D eigenvalue weighted by Gasteiger charge is -2.15. The van der Waals surface area contributed by atoms with Gasteiger partial charge in [-0.25, -0.2) is 0 Å². The van der Waals surface area contributed by atoms with Gasteiger partial charge in [0.15, 0.2) is 0 Å². The van der Waals surface area contributed by atoms with Crippen LogP contribution in [0.2, 0.25) is 0 Å². The second-order valence-electron chi connectivity index (χ2n) is 3.18. The van der Waals surface area contributed by atoms with Gasteiger partial charge < -0.3 is 10.2 Å². The molecule has 0 atom stereocenters. The van der Waals surface area contributed by atoms with Gasteiger partial charge in [-0.05, 0) is 6.42 Å². The molecule has 0 aliphatic heterocycles. The van der Waals surface area contributed by atoms with Gasteiger partial charge in [-0.1, -0.05) is 13.8 Å². The van der Waals surface area contributed by atoms with Gasteiger partial charge in [0.25, 0.3) is 0 Å². The van der Waals surface area contributed by atoms with Gasteiger partial charge in [0.1, 0.15) is 11.5 Å². The molecule has 1 aliphatic carbocycles. The van der Waals surface area contributed by atoms with Crippen molar-refractivity contribution in [3.8, 4) is 0 Å². The van der Waals surface area contributed by atoms with E-state index in [1.165, 1.54) is 0 Å². The zero-order valence-electron chi connectivity index (χ0n) is 5.81. The highest BCUT2D eigenvalue weighted by atomic mass is 16.3. The molecule has 52 valence electrons. The van der Waals surface area contributed by atoms with Gasteiger partial charge in [0.2, 0.25) is 0 Å². The smallest absolute Gasteiger partial charge is 0.135 e. The second-order valence-corrected chi connectivity index (χ2v) is 3.18. The van der Waals surface area contributed by atoms with E-state index in [1.807, 2.05) is 13.8 Å². The molecule has 0 fully saturated rings. The molecule has 0 aromatic rings. The number of aliphatic hydroxyl groups is 2. The van der Waals surface area contributed by atoms with Gasteiger partial charge in [-0.3, -0.25) is 0 Å². The Kier molecular flexibility index (Phi) is 1.19. The number of hydrogen-bond donors (Lipinski definition) is 2. The van der Waals surface area contributed by atoms with Crippen LogP contribution < -0.4 is 0 Å². The monoisotopic (exact) mass is 128 g/mol. The van der Waals surface area contributed by atoms with E-state index in [1.54, 1.807) is 0 Å². The van der Waals surface area contributed by atoms with E-state index in [4.69, 9.17) is 10.2 Å². The van der Waals surface area contributed by atoms with Gasteiger partial charge in [0.05, 0.1) is 0 Å². The number of allylic oxidation sites excluding steroid dienone is 2. The van der Waals surface area contributed by atoms with Gasteiger partial charge in [-0.15, -0.1) is 0 Å². The van der Waals surface area contributed by atoms with Crippen LogP contribution in [0.25, 0.3) is 0 Å². The summed E-state index contributed by atoms with van der Waals surface area (Å²) < 4.78 is 0. The molecule has 0 amide bonds. The number of hydrogen-bond acceptors (Lipinski definition) is 2. The molecule has 0 aromatic heterocycles. The normalized spacial score (nSPS) is 25.1. The minimum absolute atomic E-state index is 0.167. The summed E-state index contributed by atoms with van der Waals surface area (Å²) in [5, 5.41) is 18.1. The summed E-state index contributed by atoms with van der Waals surface area (Å²) in [7, 11) is 0. The van der Waals surface area contributed by atoms with Gasteiger partial charge in [0, 0.05) is 11.8 Å². The predicted octanol–water partition coefficient (Wildman–Crippen LogP) is 2.13. The Bertz CT molecular complexity index is 156. The summed E-state index contributed by atoms with van der Waals surface area (Å²) in [6, 6.07) is 0. The van der Waals surface area contributed by atoms with Gasteiger partial charge >= 0.3 is 0 Å². The van der Waals surface area contributed by atoms with E-state index in [0.29, 0.717) is 6.42 Å². The average molecular weight is 128 g/mol. The fraction of sp³-hybridized carbons (Fsp3) is 0.714. The van der Waals surface area contributed by atoms with Crippen molar-refractivity contribution in [2.24, 2.45) is 5.41 Å². The fourth-order valence-electron chi connectivity index (χ4n) is 1.06. The highest BCUT2D eigenvalue weighted by molar-refractivity contribution is 5.14. The van der Waals surface area contributed by atoms with Crippen LogP contribution >= 0.6 is 0 Å². The van der Waals surface area contributed by atoms with Crippen LogP contribution in [0.1, 0.15) is 26.7 Å². The van der Waals surface area contributed by atoms with E-state index in [9.17, 15) is 0 Å². The van der Waals surface area contributed by atoms with E-state index in [0.717, 1.165) is 6.42 Å². The molecule has 0 heterocycles. The molecule has 2 nitrogen and oxygen atoms in total. The Morgan fingerprint density at radius 2 is 1.89 bits per heavy atom. The van der Waals surface area contributed by atoms with Crippen LogP contribution in [0.4, 0.5) is 0 Å². The molecule has 2 N–H and O–H groups in total. The molecular weight excluding hydrogens is 116 g/mol. The van der Waals surface area contributed by atoms with Crippen molar-refractivity contribution in [1.82, 2.24) is 0 Å². The van der Waals surface area contributed by atoms with Crippen LogP contribution in [0.15, 0.2) is 11.5 Å². The molecular formula is C7H12O2. The van der Waals surface area contributed by atoms with E-state index < -0.39 is 0 Å². The lowest BCUT2D eigenvalue weighted by Crippen LogP contribution is -2.08. The summed E-state index contributed by atoms with van der Waals surface area (Å²) in [5.41, 5.74) is -0.190. The van der Waals surface area contributed by atoms with Crippen molar-refractivity contribution in [2.75, 3.05) is 0 Å². The molecule has 1 aliphatic rings. The Balaban J connectivity index is 2.88. The highest BCUT2D eigenvalue weighted by Crippen LogP contribution is 2.39. The third-order valence-electron chi connectivity index (χ3n) is 1.90. The second kappa shape index (κ2) is 1.66. The number of rotatable bonds is 0. The Morgan fingerprint density at radius 3 is 2.00 bits per heavy atom. The van der Waals surface area contributed by atoms with Crippen molar-refractivity contribution < 1.29 is 10.2 Å². The van der Waals surface area contributed by atoms with E-state index >= 15 is 0 Å². The molecule has 0 radical (unpaired) electrons. The van der Waals surface area contributed by atoms with Crippen LogP contribution in [-0.2, 0) is 0 Å². The van der Waals surface area contributed by atoms with Gasteiger partial charge in [-0.2, -0.15) is 0 Å². The molecule has 0 saturated carbocycles. The Labute approximate surface area is 54.8 Å². The molecule has 9 heavy (non-hydrogen) atoms. The molecule has 0 unspecified atom stereocenters. The van der Waals surface area contributed by atoms with Crippen molar-refractivity contribution >= 4 is 0 Å². The SMILES string of the molecule is CC1(C)CCC(O)=C1O. The average Bonchev–Trinajstić information content (AvgIpc) is 1.97. The largest absolute Gasteiger partial charge is 0.509 e. The fourth-order valence-corrected chi connectivity index (χ4v) is 1.06. The Hall–Kier alpha value is -0.660. The van der Waals surface area contributed by atoms with Crippen molar-refractivity contribution in [1.29, 1.82) is 0 Å². The van der Waals surface area contributed by atoms with Crippen LogP contribution in [0.5, 0.6) is 0 Å². The minimum Gasteiger partial charge on any atom is -0.509 e. The van der Waals surface area contributed by atoms with E-state index in [-0.39, 0.29) is 16.9 Å². The van der Waals surface area contributed by atoms with E-state index in [2.05, 4.69) is 0 Å². The zero-order chi connectivity index (χ0) is 7.07. The third kappa shape index (κ3) is 0.889. The standard InChI is InChI=1S/C7H12O2/c1-7(2)4-3-5(8)6(7)9/h8-9H,3-4H2,1-2H3. The van der Waals surface area contributed by atoms with Crippen molar-refractivity contribution in [3.05, 3.63) is 11.5 Å². The Morgan fingerprint density at radius 1 is 1.33 bits per heavy atom. The first-order valence-corrected chi connectivity index (χ1v) is 3.15. The molecule has 1 rings (SSSR count). The first-order valence-electron chi connectivity index (χ1n) is 3.15. The summed E-state index contributed by atoms with van der Waals surface area (Å²) in [6.45, 7) is 3.84. The maximum absolute atomic E-state index is 9.16. The number of aliphatic hydroxyl groups excluding tert-OH is 2. The first-order chi connectivity index (χ1) is 4.04. The summed E-state index contributed by atoms with van der Waals surface area (Å²) in [5.74, 6) is 0.336. The lowest BCUT2D eigenvalue weighted by molar-refractivity contribution is 0.252. The maximum atomic E-state index is 9.16. The van der Waals surface area contributed by atoms with Crippen molar-refractivity contribution in [3.63, 3.8) is 0 Å². The molecule has 0 spiro atoms. The first kappa shape index (κ1) is 6.46. The van der Waals surface area contributed by atoms with Crippen LogP contribution in [0.3, 0.4) is 0 Å². The van der Waals surface area contributed by atoms with Crippen LogP contribution in [0, 0.1) is 5.41 Å². The quantitative estimate of drug-likeness (QED) is 0.524. The summed E-state index contributed by atoms with van der Waals surface area (Å²) in [6.07, 6.45) is 1.48. The van der Waals surface area contributed by atoms with Crippen molar-refractivity contribution in [2.45, 2.75) is 26.7 Å². The molecule has 0 bridgehead atoms. The molecule has 2 heteroatoms. The molecule has 0 saturated heterocycles. The summed E-state index contributed by atoms with van der Waals surface area (Å²) >= 11 is 0. The third-order valence-corrected chi connectivity index (χ3v) is 1.90. The topological polar surface area (TPSA) is 40.5 Å². The molecule has 0 aromatic carbocycles. The lowest BCUT2D eigenvalue weighted by atomic mass is 9.92. The minimum atomic E-state index is -0.190.